The van der Waals surface area contributed by atoms with Gasteiger partial charge in [-0.15, -0.1) is 0 Å². The van der Waals surface area contributed by atoms with Crippen LogP contribution in [0.5, 0.6) is 0 Å². The normalized spacial score (nSPS) is 13.0. The summed E-state index contributed by atoms with van der Waals surface area (Å²) >= 11 is 1.31. The third-order valence-electron chi connectivity index (χ3n) is 3.37. The SMILES string of the molecule is Cc1ccc(C(C)Nc2nc(C(C)(C)C)ns2)cc1[N+](=O)[O-]. The van der Waals surface area contributed by atoms with Crippen LogP contribution in [0.25, 0.3) is 0 Å². The van der Waals surface area contributed by atoms with Gasteiger partial charge in [-0.3, -0.25) is 10.1 Å². The van der Waals surface area contributed by atoms with Gasteiger partial charge in [-0.25, -0.2) is 4.98 Å². The molecule has 0 saturated carbocycles. The van der Waals surface area contributed by atoms with Crippen molar-refractivity contribution in [3.8, 4) is 0 Å². The third kappa shape index (κ3) is 3.59. The van der Waals surface area contributed by atoms with Crippen LogP contribution in [0, 0.1) is 17.0 Å². The van der Waals surface area contributed by atoms with Gasteiger partial charge >= 0.3 is 0 Å². The minimum Gasteiger partial charge on any atom is -0.354 e. The maximum Gasteiger partial charge on any atom is 0.272 e. The zero-order valence-corrected chi connectivity index (χ0v) is 14.2. The summed E-state index contributed by atoms with van der Waals surface area (Å²) in [5, 5.41) is 15.0. The van der Waals surface area contributed by atoms with E-state index in [-0.39, 0.29) is 22.1 Å². The van der Waals surface area contributed by atoms with Crippen LogP contribution in [0.1, 0.15) is 50.7 Å². The van der Waals surface area contributed by atoms with E-state index < -0.39 is 0 Å². The first-order valence-electron chi connectivity index (χ1n) is 7.04. The topological polar surface area (TPSA) is 81.0 Å². The molecular formula is C15H20N4O2S. The Bertz CT molecular complexity index is 691. The molecule has 22 heavy (non-hydrogen) atoms. The molecule has 0 bridgehead atoms. The van der Waals surface area contributed by atoms with Gasteiger partial charge in [0.15, 0.2) is 0 Å². The van der Waals surface area contributed by atoms with Crippen molar-refractivity contribution in [2.75, 3.05) is 5.32 Å². The quantitative estimate of drug-likeness (QED) is 0.673. The van der Waals surface area contributed by atoms with E-state index in [1.54, 1.807) is 19.1 Å². The van der Waals surface area contributed by atoms with Crippen molar-refractivity contribution >= 4 is 22.4 Å². The molecule has 0 spiro atoms. The lowest BCUT2D eigenvalue weighted by atomic mass is 9.96. The zero-order chi connectivity index (χ0) is 16.5. The lowest BCUT2D eigenvalue weighted by Crippen LogP contribution is -2.13. The molecule has 1 heterocycles. The average Bonchev–Trinajstić information content (AvgIpc) is 2.87. The monoisotopic (exact) mass is 320 g/mol. The second-order valence-corrected chi connectivity index (χ2v) is 7.09. The van der Waals surface area contributed by atoms with Crippen molar-refractivity contribution in [2.45, 2.75) is 46.1 Å². The van der Waals surface area contributed by atoms with Gasteiger partial charge in [0.25, 0.3) is 5.69 Å². The fourth-order valence-corrected chi connectivity index (χ4v) is 2.79. The van der Waals surface area contributed by atoms with Crippen molar-refractivity contribution in [3.63, 3.8) is 0 Å². The molecule has 0 fully saturated rings. The Balaban J connectivity index is 2.19. The van der Waals surface area contributed by atoms with E-state index in [1.165, 1.54) is 11.5 Å². The van der Waals surface area contributed by atoms with E-state index in [2.05, 4.69) is 35.4 Å². The largest absolute Gasteiger partial charge is 0.354 e. The Labute approximate surface area is 133 Å². The van der Waals surface area contributed by atoms with Gasteiger partial charge in [-0.05, 0) is 19.4 Å². The Hall–Kier alpha value is -2.02. The summed E-state index contributed by atoms with van der Waals surface area (Å²) < 4.78 is 4.35. The highest BCUT2D eigenvalue weighted by Gasteiger charge is 2.20. The van der Waals surface area contributed by atoms with Crippen LogP contribution in [0.3, 0.4) is 0 Å². The molecule has 7 heteroatoms. The second-order valence-electron chi connectivity index (χ2n) is 6.34. The highest BCUT2D eigenvalue weighted by Crippen LogP contribution is 2.28. The molecule has 1 aromatic carbocycles. The summed E-state index contributed by atoms with van der Waals surface area (Å²) in [6, 6.07) is 5.19. The Kier molecular flexibility index (Phi) is 4.46. The zero-order valence-electron chi connectivity index (χ0n) is 13.4. The van der Waals surface area contributed by atoms with Gasteiger partial charge in [0, 0.05) is 28.6 Å². The molecule has 0 aliphatic heterocycles. The van der Waals surface area contributed by atoms with Crippen LogP contribution >= 0.6 is 11.5 Å². The number of anilines is 1. The van der Waals surface area contributed by atoms with Crippen LogP contribution < -0.4 is 5.32 Å². The molecule has 0 aliphatic carbocycles. The molecule has 2 aromatic rings. The average molecular weight is 320 g/mol. The molecule has 0 saturated heterocycles. The molecule has 6 nitrogen and oxygen atoms in total. The number of nitro groups is 1. The summed E-state index contributed by atoms with van der Waals surface area (Å²) in [4.78, 5) is 15.2. The van der Waals surface area contributed by atoms with Crippen LogP contribution in [0.2, 0.25) is 0 Å². The minimum atomic E-state index is -0.353. The molecule has 1 unspecified atom stereocenters. The van der Waals surface area contributed by atoms with Crippen LogP contribution in [-0.4, -0.2) is 14.3 Å². The first kappa shape index (κ1) is 16.4. The highest BCUT2D eigenvalue weighted by atomic mass is 32.1. The fraction of sp³-hybridized carbons (Fsp3) is 0.467. The molecule has 1 aromatic heterocycles. The summed E-state index contributed by atoms with van der Waals surface area (Å²) in [6.45, 7) is 9.87. The maximum atomic E-state index is 11.0. The molecule has 118 valence electrons. The highest BCUT2D eigenvalue weighted by molar-refractivity contribution is 7.09. The van der Waals surface area contributed by atoms with Gasteiger partial charge in [-0.1, -0.05) is 32.9 Å². The number of hydrogen-bond donors (Lipinski definition) is 1. The summed E-state index contributed by atoms with van der Waals surface area (Å²) in [5.74, 6) is 0.794. The summed E-state index contributed by atoms with van der Waals surface area (Å²) in [5.41, 5.74) is 1.55. The standard InChI is InChI=1S/C15H20N4O2S/c1-9-6-7-11(8-12(9)19(20)21)10(2)16-14-17-13(18-22-14)15(3,4)5/h6-8,10H,1-5H3,(H,16,17,18). The van der Waals surface area contributed by atoms with Crippen molar-refractivity contribution < 1.29 is 4.92 Å². The van der Waals surface area contributed by atoms with Gasteiger partial charge < -0.3 is 5.32 Å². The third-order valence-corrected chi connectivity index (χ3v) is 4.01. The van der Waals surface area contributed by atoms with E-state index in [9.17, 15) is 10.1 Å². The first-order valence-corrected chi connectivity index (χ1v) is 7.81. The minimum absolute atomic E-state index is 0.0833. The smallest absolute Gasteiger partial charge is 0.272 e. The molecular weight excluding hydrogens is 300 g/mol. The number of aromatic nitrogens is 2. The van der Waals surface area contributed by atoms with E-state index in [0.29, 0.717) is 5.56 Å². The second kappa shape index (κ2) is 6.00. The van der Waals surface area contributed by atoms with Gasteiger partial charge in [0.1, 0.15) is 5.82 Å². The van der Waals surface area contributed by atoms with Crippen LogP contribution in [0.4, 0.5) is 10.8 Å². The predicted octanol–water partition coefficient (Wildman–Crippen LogP) is 4.23. The molecule has 1 atom stereocenters. The summed E-state index contributed by atoms with van der Waals surface area (Å²) in [6.07, 6.45) is 0. The van der Waals surface area contributed by atoms with Gasteiger partial charge in [-0.2, -0.15) is 4.37 Å². The number of aryl methyl sites for hydroxylation is 1. The fourth-order valence-electron chi connectivity index (χ4n) is 1.95. The number of benzene rings is 1. The molecule has 0 amide bonds. The van der Waals surface area contributed by atoms with Crippen LogP contribution in [0.15, 0.2) is 18.2 Å². The summed E-state index contributed by atoms with van der Waals surface area (Å²) in [7, 11) is 0. The van der Waals surface area contributed by atoms with E-state index in [1.807, 2.05) is 13.0 Å². The molecule has 0 radical (unpaired) electrons. The van der Waals surface area contributed by atoms with Crippen molar-refractivity contribution in [1.82, 2.24) is 9.36 Å². The Morgan fingerprint density at radius 2 is 2.05 bits per heavy atom. The van der Waals surface area contributed by atoms with Gasteiger partial charge in [0.2, 0.25) is 5.13 Å². The van der Waals surface area contributed by atoms with Gasteiger partial charge in [0.05, 0.1) is 11.0 Å². The number of hydrogen-bond acceptors (Lipinski definition) is 6. The lowest BCUT2D eigenvalue weighted by Gasteiger charge is -2.14. The Morgan fingerprint density at radius 3 is 2.59 bits per heavy atom. The van der Waals surface area contributed by atoms with E-state index in [4.69, 9.17) is 0 Å². The number of nitro benzene ring substituents is 1. The number of rotatable bonds is 4. The van der Waals surface area contributed by atoms with Crippen molar-refractivity contribution in [2.24, 2.45) is 0 Å². The molecule has 0 aliphatic rings. The van der Waals surface area contributed by atoms with Crippen molar-refractivity contribution in [3.05, 3.63) is 45.3 Å². The Morgan fingerprint density at radius 1 is 1.36 bits per heavy atom. The lowest BCUT2D eigenvalue weighted by molar-refractivity contribution is -0.385. The van der Waals surface area contributed by atoms with Crippen molar-refractivity contribution in [1.29, 1.82) is 0 Å². The molecule has 2 rings (SSSR count). The van der Waals surface area contributed by atoms with E-state index in [0.717, 1.165) is 16.5 Å². The number of nitrogens with zero attached hydrogens (tertiary/aromatic N) is 3. The number of nitrogens with one attached hydrogen (secondary N) is 1. The molecule has 1 N–H and O–H groups in total. The van der Waals surface area contributed by atoms with Crippen LogP contribution in [-0.2, 0) is 5.41 Å². The maximum absolute atomic E-state index is 11.0. The predicted molar refractivity (Wildman–Crippen MR) is 88.5 cm³/mol. The van der Waals surface area contributed by atoms with E-state index >= 15 is 0 Å². The first-order chi connectivity index (χ1) is 10.2.